The van der Waals surface area contributed by atoms with Crippen LogP contribution >= 0.6 is 0 Å². The van der Waals surface area contributed by atoms with E-state index in [0.29, 0.717) is 0 Å². The number of hydrogen-bond donors (Lipinski definition) is 1. The van der Waals surface area contributed by atoms with Gasteiger partial charge in [0.05, 0.1) is 5.56 Å². The van der Waals surface area contributed by atoms with Gasteiger partial charge in [-0.3, -0.25) is 0 Å². The highest BCUT2D eigenvalue weighted by Crippen LogP contribution is 2.36. The van der Waals surface area contributed by atoms with E-state index in [4.69, 9.17) is 10.5 Å². The standard InChI is InChI=1S/C15H15F3N2O2/c1-9(2)20-8-7-10(13(20)19)14(21)22-12-6-4-3-5-11(12)15(16,17)18/h3-9H,19H2,1-2H3. The molecule has 118 valence electrons. The van der Waals surface area contributed by atoms with Crippen molar-refractivity contribution in [1.82, 2.24) is 4.57 Å². The van der Waals surface area contributed by atoms with E-state index >= 15 is 0 Å². The summed E-state index contributed by atoms with van der Waals surface area (Å²) in [6, 6.07) is 5.98. The molecule has 2 rings (SSSR count). The Morgan fingerprint density at radius 3 is 2.41 bits per heavy atom. The summed E-state index contributed by atoms with van der Waals surface area (Å²) in [6.45, 7) is 3.73. The van der Waals surface area contributed by atoms with E-state index in [1.54, 1.807) is 10.8 Å². The van der Waals surface area contributed by atoms with Gasteiger partial charge in [-0.1, -0.05) is 12.1 Å². The lowest BCUT2D eigenvalue weighted by Gasteiger charge is -2.13. The molecule has 1 heterocycles. The number of esters is 1. The van der Waals surface area contributed by atoms with Crippen LogP contribution in [0.3, 0.4) is 0 Å². The first kappa shape index (κ1) is 15.9. The smallest absolute Gasteiger partial charge is 0.419 e. The van der Waals surface area contributed by atoms with Gasteiger partial charge >= 0.3 is 12.1 Å². The SMILES string of the molecule is CC(C)n1ccc(C(=O)Oc2ccccc2C(F)(F)F)c1N. The highest BCUT2D eigenvalue weighted by Gasteiger charge is 2.35. The molecule has 0 unspecified atom stereocenters. The van der Waals surface area contributed by atoms with Crippen molar-refractivity contribution in [1.29, 1.82) is 0 Å². The van der Waals surface area contributed by atoms with Crippen molar-refractivity contribution in [2.75, 3.05) is 5.73 Å². The monoisotopic (exact) mass is 312 g/mol. The Balaban J connectivity index is 2.31. The summed E-state index contributed by atoms with van der Waals surface area (Å²) in [4.78, 5) is 12.1. The molecule has 7 heteroatoms. The number of anilines is 1. The fourth-order valence-electron chi connectivity index (χ4n) is 2.03. The van der Waals surface area contributed by atoms with Crippen molar-refractivity contribution in [2.24, 2.45) is 0 Å². The number of nitrogen functional groups attached to an aromatic ring is 1. The summed E-state index contributed by atoms with van der Waals surface area (Å²) in [7, 11) is 0. The lowest BCUT2D eigenvalue weighted by atomic mass is 10.2. The number of nitrogens with two attached hydrogens (primary N) is 1. The minimum absolute atomic E-state index is 0.0176. The molecule has 0 spiro atoms. The van der Waals surface area contributed by atoms with Crippen molar-refractivity contribution in [3.8, 4) is 5.75 Å². The first-order chi connectivity index (χ1) is 10.2. The maximum Gasteiger partial charge on any atom is 0.419 e. The third kappa shape index (κ3) is 3.08. The highest BCUT2D eigenvalue weighted by atomic mass is 19.4. The van der Waals surface area contributed by atoms with Crippen molar-refractivity contribution < 1.29 is 22.7 Å². The van der Waals surface area contributed by atoms with Crippen LogP contribution in [0, 0.1) is 0 Å². The van der Waals surface area contributed by atoms with Gasteiger partial charge in [0.1, 0.15) is 17.1 Å². The molecule has 0 fully saturated rings. The number of benzene rings is 1. The van der Waals surface area contributed by atoms with Gasteiger partial charge in [-0.2, -0.15) is 13.2 Å². The largest absolute Gasteiger partial charge is 0.422 e. The minimum Gasteiger partial charge on any atom is -0.422 e. The number of alkyl halides is 3. The van der Waals surface area contributed by atoms with E-state index < -0.39 is 23.5 Å². The molecule has 2 N–H and O–H groups in total. The Morgan fingerprint density at radius 2 is 1.86 bits per heavy atom. The number of aromatic nitrogens is 1. The van der Waals surface area contributed by atoms with Gasteiger partial charge < -0.3 is 15.0 Å². The van der Waals surface area contributed by atoms with E-state index in [0.717, 1.165) is 12.1 Å². The molecule has 0 atom stereocenters. The van der Waals surface area contributed by atoms with Crippen molar-refractivity contribution in [2.45, 2.75) is 26.1 Å². The van der Waals surface area contributed by atoms with E-state index in [2.05, 4.69) is 0 Å². The van der Waals surface area contributed by atoms with Crippen LogP contribution in [0.2, 0.25) is 0 Å². The van der Waals surface area contributed by atoms with E-state index in [-0.39, 0.29) is 17.4 Å². The Labute approximate surface area is 125 Å². The van der Waals surface area contributed by atoms with Crippen LogP contribution < -0.4 is 10.5 Å². The summed E-state index contributed by atoms with van der Waals surface area (Å²) < 4.78 is 45.1. The van der Waals surface area contributed by atoms with Gasteiger partial charge in [-0.15, -0.1) is 0 Å². The zero-order valence-electron chi connectivity index (χ0n) is 12.0. The zero-order chi connectivity index (χ0) is 16.5. The van der Waals surface area contributed by atoms with Crippen LogP contribution in [0.5, 0.6) is 5.75 Å². The minimum atomic E-state index is -4.60. The second-order valence-electron chi connectivity index (χ2n) is 5.00. The molecule has 1 aromatic carbocycles. The molecule has 1 aromatic heterocycles. The van der Waals surface area contributed by atoms with Crippen LogP contribution in [-0.4, -0.2) is 10.5 Å². The summed E-state index contributed by atoms with van der Waals surface area (Å²) >= 11 is 0. The van der Waals surface area contributed by atoms with Gasteiger partial charge in [0.25, 0.3) is 0 Å². The Kier molecular flexibility index (Phi) is 4.16. The lowest BCUT2D eigenvalue weighted by Crippen LogP contribution is -2.15. The summed E-state index contributed by atoms with van der Waals surface area (Å²) in [5.41, 5.74) is 4.85. The molecule has 0 aliphatic heterocycles. The summed E-state index contributed by atoms with van der Waals surface area (Å²) in [6.07, 6.45) is -3.02. The van der Waals surface area contributed by atoms with Crippen molar-refractivity contribution >= 4 is 11.8 Å². The van der Waals surface area contributed by atoms with Gasteiger partial charge in [0.2, 0.25) is 0 Å². The molecule has 0 aliphatic rings. The number of para-hydroxylation sites is 1. The quantitative estimate of drug-likeness (QED) is 0.691. The third-order valence-electron chi connectivity index (χ3n) is 3.13. The maximum atomic E-state index is 12.9. The van der Waals surface area contributed by atoms with Crippen LogP contribution in [0.4, 0.5) is 19.0 Å². The lowest BCUT2D eigenvalue weighted by molar-refractivity contribution is -0.138. The molecule has 0 amide bonds. The summed E-state index contributed by atoms with van der Waals surface area (Å²) in [5.74, 6) is -1.31. The van der Waals surface area contributed by atoms with Crippen LogP contribution in [0.1, 0.15) is 35.8 Å². The van der Waals surface area contributed by atoms with Gasteiger partial charge in [0, 0.05) is 12.2 Å². The van der Waals surface area contributed by atoms with E-state index in [9.17, 15) is 18.0 Å². The number of carbonyl (C=O) groups excluding carboxylic acids is 1. The molecular weight excluding hydrogens is 297 g/mol. The molecule has 0 aliphatic carbocycles. The van der Waals surface area contributed by atoms with E-state index in [1.165, 1.54) is 18.2 Å². The highest BCUT2D eigenvalue weighted by molar-refractivity contribution is 5.96. The first-order valence-electron chi connectivity index (χ1n) is 6.56. The summed E-state index contributed by atoms with van der Waals surface area (Å²) in [5, 5.41) is 0. The molecule has 0 radical (unpaired) electrons. The number of ether oxygens (including phenoxy) is 1. The number of nitrogens with zero attached hydrogens (tertiary/aromatic N) is 1. The number of halogens is 3. The Hall–Kier alpha value is -2.44. The van der Waals surface area contributed by atoms with Gasteiger partial charge in [-0.25, -0.2) is 4.79 Å². The molecule has 4 nitrogen and oxygen atoms in total. The normalized spacial score (nSPS) is 11.7. The number of carbonyl (C=O) groups is 1. The predicted octanol–water partition coefficient (Wildman–Crippen LogP) is 3.89. The predicted molar refractivity (Wildman–Crippen MR) is 75.6 cm³/mol. The first-order valence-corrected chi connectivity index (χ1v) is 6.56. The van der Waals surface area contributed by atoms with Crippen molar-refractivity contribution in [3.05, 3.63) is 47.7 Å². The Bertz CT molecular complexity index is 690. The molecule has 22 heavy (non-hydrogen) atoms. The Morgan fingerprint density at radius 1 is 1.23 bits per heavy atom. The van der Waals surface area contributed by atoms with Gasteiger partial charge in [-0.05, 0) is 32.0 Å². The maximum absolute atomic E-state index is 12.9. The second kappa shape index (κ2) is 5.75. The fraction of sp³-hybridized carbons (Fsp3) is 0.267. The molecule has 0 saturated heterocycles. The molecule has 0 saturated carbocycles. The van der Waals surface area contributed by atoms with Crippen molar-refractivity contribution in [3.63, 3.8) is 0 Å². The number of hydrogen-bond acceptors (Lipinski definition) is 3. The average molecular weight is 312 g/mol. The van der Waals surface area contributed by atoms with Crippen LogP contribution in [-0.2, 0) is 6.18 Å². The third-order valence-corrected chi connectivity index (χ3v) is 3.13. The molecule has 0 bridgehead atoms. The van der Waals surface area contributed by atoms with Crippen LogP contribution in [0.15, 0.2) is 36.5 Å². The van der Waals surface area contributed by atoms with E-state index in [1.807, 2.05) is 13.8 Å². The average Bonchev–Trinajstić information content (AvgIpc) is 2.80. The van der Waals surface area contributed by atoms with Crippen LogP contribution in [0.25, 0.3) is 0 Å². The second-order valence-corrected chi connectivity index (χ2v) is 5.00. The number of rotatable bonds is 3. The zero-order valence-corrected chi connectivity index (χ0v) is 12.0. The van der Waals surface area contributed by atoms with Gasteiger partial charge in [0.15, 0.2) is 0 Å². The molecular formula is C15H15F3N2O2. The topological polar surface area (TPSA) is 57.2 Å². The molecule has 2 aromatic rings. The fourth-order valence-corrected chi connectivity index (χ4v) is 2.03.